The smallest absolute Gasteiger partial charge is 0.131 e. The van der Waals surface area contributed by atoms with Crippen LogP contribution < -0.4 is 10.6 Å². The quantitative estimate of drug-likeness (QED) is 0.854. The van der Waals surface area contributed by atoms with Crippen LogP contribution in [0.15, 0.2) is 0 Å². The number of hydrogen-bond donors (Lipinski definition) is 1. The Bertz CT molecular complexity index is 362. The zero-order valence-electron chi connectivity index (χ0n) is 11.1. The fourth-order valence-electron chi connectivity index (χ4n) is 2.78. The van der Waals surface area contributed by atoms with E-state index in [2.05, 4.69) is 16.9 Å². The molecule has 1 aliphatic heterocycles. The molecule has 1 aliphatic rings. The topological polar surface area (TPSA) is 47.1 Å². The molecule has 1 saturated heterocycles. The van der Waals surface area contributed by atoms with Gasteiger partial charge >= 0.3 is 0 Å². The van der Waals surface area contributed by atoms with Crippen LogP contribution in [0, 0.1) is 6.92 Å². The van der Waals surface area contributed by atoms with Crippen molar-refractivity contribution in [1.82, 2.24) is 9.78 Å². The van der Waals surface area contributed by atoms with E-state index in [4.69, 9.17) is 5.73 Å². The molecule has 1 fully saturated rings. The summed E-state index contributed by atoms with van der Waals surface area (Å²) in [4.78, 5) is 2.47. The fraction of sp³-hybridized carbons (Fsp3) is 0.769. The Morgan fingerprint density at radius 3 is 2.29 bits per heavy atom. The molecule has 96 valence electrons. The number of hydrogen-bond acceptors (Lipinski definition) is 3. The minimum absolute atomic E-state index is 0.589. The van der Waals surface area contributed by atoms with Gasteiger partial charge in [0.25, 0.3) is 0 Å². The molecule has 0 aliphatic carbocycles. The molecule has 2 rings (SSSR count). The molecule has 2 heterocycles. The highest BCUT2D eigenvalue weighted by molar-refractivity contribution is 5.50. The maximum Gasteiger partial charge on any atom is 0.131 e. The lowest BCUT2D eigenvalue weighted by molar-refractivity contribution is 0.545. The molecule has 4 heteroatoms. The van der Waals surface area contributed by atoms with E-state index < -0.39 is 0 Å². The lowest BCUT2D eigenvalue weighted by Gasteiger charge is -2.27. The lowest BCUT2D eigenvalue weighted by atomic mass is 10.1. The minimum atomic E-state index is 0.589. The summed E-state index contributed by atoms with van der Waals surface area (Å²) in [6, 6.07) is 0. The van der Waals surface area contributed by atoms with Crippen molar-refractivity contribution in [3.8, 4) is 0 Å². The predicted molar refractivity (Wildman–Crippen MR) is 71.1 cm³/mol. The van der Waals surface area contributed by atoms with E-state index in [-0.39, 0.29) is 0 Å². The largest absolute Gasteiger partial charge is 0.357 e. The summed E-state index contributed by atoms with van der Waals surface area (Å²) in [5.74, 6) is 1.24. The van der Waals surface area contributed by atoms with E-state index >= 15 is 0 Å². The summed E-state index contributed by atoms with van der Waals surface area (Å²) in [6.45, 7) is 4.93. The molecule has 0 aromatic carbocycles. The second-order valence-electron chi connectivity index (χ2n) is 4.97. The van der Waals surface area contributed by atoms with Gasteiger partial charge in [0.15, 0.2) is 0 Å². The van der Waals surface area contributed by atoms with Gasteiger partial charge in [-0.15, -0.1) is 0 Å². The summed E-state index contributed by atoms with van der Waals surface area (Å²) < 4.78 is 2.00. The minimum Gasteiger partial charge on any atom is -0.357 e. The van der Waals surface area contributed by atoms with Crippen molar-refractivity contribution >= 4 is 5.82 Å². The van der Waals surface area contributed by atoms with E-state index in [1.807, 2.05) is 11.7 Å². The van der Waals surface area contributed by atoms with E-state index in [0.29, 0.717) is 6.54 Å². The number of rotatable bonds is 2. The van der Waals surface area contributed by atoms with Gasteiger partial charge in [-0.1, -0.05) is 19.3 Å². The molecule has 0 radical (unpaired) electrons. The van der Waals surface area contributed by atoms with Gasteiger partial charge in [-0.25, -0.2) is 0 Å². The normalized spacial score (nSPS) is 17.9. The van der Waals surface area contributed by atoms with Crippen LogP contribution >= 0.6 is 0 Å². The molecule has 2 N–H and O–H groups in total. The van der Waals surface area contributed by atoms with Crippen LogP contribution in [0.5, 0.6) is 0 Å². The Balaban J connectivity index is 2.24. The summed E-state index contributed by atoms with van der Waals surface area (Å²) in [7, 11) is 2.03. The van der Waals surface area contributed by atoms with Crippen molar-refractivity contribution in [2.24, 2.45) is 12.8 Å². The van der Waals surface area contributed by atoms with Gasteiger partial charge in [0.1, 0.15) is 5.82 Å². The van der Waals surface area contributed by atoms with Gasteiger partial charge < -0.3 is 10.6 Å². The summed E-state index contributed by atoms with van der Waals surface area (Å²) in [5, 5.41) is 4.51. The van der Waals surface area contributed by atoms with Gasteiger partial charge in [-0.2, -0.15) is 5.10 Å². The molecule has 0 amide bonds. The maximum atomic E-state index is 5.86. The first-order valence-electron chi connectivity index (χ1n) is 6.71. The maximum absolute atomic E-state index is 5.86. The van der Waals surface area contributed by atoms with Crippen molar-refractivity contribution in [2.45, 2.75) is 45.6 Å². The highest BCUT2D eigenvalue weighted by atomic mass is 15.4. The standard InChI is InChI=1S/C13H24N4/c1-11-12(10-14)13(16(2)15-11)17-8-6-4-3-5-7-9-17/h3-10,14H2,1-2H3. The van der Waals surface area contributed by atoms with Crippen LogP contribution in [0.2, 0.25) is 0 Å². The number of aromatic nitrogens is 2. The summed E-state index contributed by atoms with van der Waals surface area (Å²) in [5.41, 5.74) is 8.15. The van der Waals surface area contributed by atoms with Crippen molar-refractivity contribution in [3.63, 3.8) is 0 Å². The third-order valence-corrected chi connectivity index (χ3v) is 3.67. The zero-order chi connectivity index (χ0) is 12.3. The first kappa shape index (κ1) is 12.4. The molecule has 1 aromatic rings. The SMILES string of the molecule is Cc1nn(C)c(N2CCCCCCC2)c1CN. The van der Waals surface area contributed by atoms with Crippen molar-refractivity contribution in [1.29, 1.82) is 0 Å². The van der Waals surface area contributed by atoms with Crippen LogP contribution in [-0.4, -0.2) is 22.9 Å². The number of nitrogens with two attached hydrogens (primary N) is 1. The number of anilines is 1. The predicted octanol–water partition coefficient (Wildman–Crippen LogP) is 1.96. The second kappa shape index (κ2) is 5.54. The average molecular weight is 236 g/mol. The second-order valence-corrected chi connectivity index (χ2v) is 4.97. The average Bonchev–Trinajstić information content (AvgIpc) is 2.53. The van der Waals surface area contributed by atoms with Crippen LogP contribution in [0.3, 0.4) is 0 Å². The van der Waals surface area contributed by atoms with Gasteiger partial charge in [0.05, 0.1) is 5.69 Å². The van der Waals surface area contributed by atoms with Gasteiger partial charge in [0, 0.05) is 32.2 Å². The molecule has 1 aromatic heterocycles. The Kier molecular flexibility index (Phi) is 4.05. The molecule has 0 atom stereocenters. The number of aryl methyl sites for hydroxylation is 2. The van der Waals surface area contributed by atoms with Gasteiger partial charge in [0.2, 0.25) is 0 Å². The third kappa shape index (κ3) is 2.63. The number of nitrogens with zero attached hydrogens (tertiary/aromatic N) is 3. The van der Waals surface area contributed by atoms with Crippen LogP contribution in [0.25, 0.3) is 0 Å². The Labute approximate surface area is 104 Å². The van der Waals surface area contributed by atoms with Crippen LogP contribution in [-0.2, 0) is 13.6 Å². The summed E-state index contributed by atoms with van der Waals surface area (Å²) >= 11 is 0. The molecule has 0 bridgehead atoms. The van der Waals surface area contributed by atoms with Gasteiger partial charge in [-0.05, 0) is 19.8 Å². The van der Waals surface area contributed by atoms with E-state index in [1.165, 1.54) is 43.5 Å². The van der Waals surface area contributed by atoms with Crippen molar-refractivity contribution in [3.05, 3.63) is 11.3 Å². The Morgan fingerprint density at radius 1 is 1.12 bits per heavy atom. The highest BCUT2D eigenvalue weighted by Gasteiger charge is 2.18. The molecule has 17 heavy (non-hydrogen) atoms. The molecule has 0 spiro atoms. The van der Waals surface area contributed by atoms with Crippen LogP contribution in [0.1, 0.15) is 43.4 Å². The fourth-order valence-corrected chi connectivity index (χ4v) is 2.78. The first-order valence-corrected chi connectivity index (χ1v) is 6.71. The first-order chi connectivity index (χ1) is 8.24. The summed E-state index contributed by atoms with van der Waals surface area (Å²) in [6.07, 6.45) is 6.67. The molecule has 0 saturated carbocycles. The third-order valence-electron chi connectivity index (χ3n) is 3.67. The van der Waals surface area contributed by atoms with Gasteiger partial charge in [-0.3, -0.25) is 4.68 Å². The van der Waals surface area contributed by atoms with Crippen molar-refractivity contribution < 1.29 is 0 Å². The molecular weight excluding hydrogens is 212 g/mol. The Morgan fingerprint density at radius 2 is 1.71 bits per heavy atom. The Hall–Kier alpha value is -1.03. The zero-order valence-corrected chi connectivity index (χ0v) is 11.1. The monoisotopic (exact) mass is 236 g/mol. The van der Waals surface area contributed by atoms with E-state index in [0.717, 1.165) is 18.8 Å². The molecule has 4 nitrogen and oxygen atoms in total. The lowest BCUT2D eigenvalue weighted by Crippen LogP contribution is -2.30. The van der Waals surface area contributed by atoms with E-state index in [9.17, 15) is 0 Å². The van der Waals surface area contributed by atoms with E-state index in [1.54, 1.807) is 0 Å². The molecule has 0 unspecified atom stereocenters. The highest BCUT2D eigenvalue weighted by Crippen LogP contribution is 2.25. The van der Waals surface area contributed by atoms with Crippen LogP contribution in [0.4, 0.5) is 5.82 Å². The van der Waals surface area contributed by atoms with Crippen molar-refractivity contribution in [2.75, 3.05) is 18.0 Å². The molecular formula is C13H24N4.